The number of carbonyl (C=O) groups excluding carboxylic acids is 2. The van der Waals surface area contributed by atoms with Gasteiger partial charge < -0.3 is 0 Å². The van der Waals surface area contributed by atoms with E-state index in [0.29, 0.717) is 0 Å². The van der Waals surface area contributed by atoms with Gasteiger partial charge in [-0.25, -0.2) is 0 Å². The van der Waals surface area contributed by atoms with Gasteiger partial charge in [0.05, 0.1) is 0 Å². The van der Waals surface area contributed by atoms with Crippen LogP contribution in [0.2, 0.25) is 0 Å². The van der Waals surface area contributed by atoms with E-state index in [9.17, 15) is 0 Å². The Kier molecular flexibility index (Phi) is 44.6. The summed E-state index contributed by atoms with van der Waals surface area (Å²) in [4.78, 5) is 16.2. The molecule has 0 spiro atoms. The van der Waals surface area contributed by atoms with Crippen LogP contribution < -0.4 is 0 Å². The predicted octanol–water partition coefficient (Wildman–Crippen LogP) is -1.25. The van der Waals surface area contributed by atoms with Crippen LogP contribution >= 0.6 is 0 Å². The second-order valence-electron chi connectivity index (χ2n) is 0.151. The first-order chi connectivity index (χ1) is 2.83. The fourth-order valence-corrected chi connectivity index (χ4v) is 0. The summed E-state index contributed by atoms with van der Waals surface area (Å²) in [5.74, 6) is 0. The first kappa shape index (κ1) is 8.96. The Morgan fingerprint density at radius 2 is 1.17 bits per heavy atom. The molecule has 0 rings (SSSR count). The molecule has 4 nitrogen and oxygen atoms in total. The highest BCUT2D eigenvalue weighted by atomic mass is 32.1. The maximum Gasteiger partial charge on any atom is 0.373 e. The predicted molar refractivity (Wildman–Crippen MR) is 13.9 cm³/mol. The third kappa shape index (κ3) is 24.2. The summed E-state index contributed by atoms with van der Waals surface area (Å²) in [7, 11) is 0. The van der Waals surface area contributed by atoms with E-state index < -0.39 is 11.6 Å². The SMILES string of the molecule is O=C=O.O=S=O. The monoisotopic (exact) mass is 108 g/mol. The van der Waals surface area contributed by atoms with Crippen molar-refractivity contribution >= 4 is 17.7 Å². The van der Waals surface area contributed by atoms with Gasteiger partial charge in [0.15, 0.2) is 0 Å². The van der Waals surface area contributed by atoms with Crippen LogP contribution in [0.3, 0.4) is 0 Å². The molecule has 0 heterocycles. The first-order valence-corrected chi connectivity index (χ1v) is 1.41. The van der Waals surface area contributed by atoms with Crippen LogP contribution in [0.1, 0.15) is 0 Å². The second-order valence-corrected chi connectivity index (χ2v) is 0.287. The summed E-state index contributed by atoms with van der Waals surface area (Å²) in [5, 5.41) is 0. The van der Waals surface area contributed by atoms with Crippen molar-refractivity contribution < 1.29 is 18.0 Å². The second kappa shape index (κ2) is 29.9. The van der Waals surface area contributed by atoms with Crippen molar-refractivity contribution in [2.45, 2.75) is 0 Å². The molecule has 0 bridgehead atoms. The van der Waals surface area contributed by atoms with Gasteiger partial charge in [-0.2, -0.15) is 18.0 Å². The first-order valence-electron chi connectivity index (χ1n) is 0.742. The molecule has 5 heteroatoms. The fraction of sp³-hybridized carbons (Fsp3) is 0. The molecule has 0 unspecified atom stereocenters. The largest absolute Gasteiger partial charge is 0.373 e. The van der Waals surface area contributed by atoms with Crippen molar-refractivity contribution in [1.82, 2.24) is 0 Å². The lowest BCUT2D eigenvalue weighted by molar-refractivity contribution is -0.191. The standard InChI is InChI=1S/CO2.O2S/c2-1-3;1-3-2. The lowest BCUT2D eigenvalue weighted by Gasteiger charge is -0.947. The van der Waals surface area contributed by atoms with Crippen molar-refractivity contribution in [2.75, 3.05) is 0 Å². The molecule has 0 aliphatic heterocycles. The van der Waals surface area contributed by atoms with Gasteiger partial charge in [-0.05, 0) is 0 Å². The van der Waals surface area contributed by atoms with Gasteiger partial charge in [-0.1, -0.05) is 0 Å². The third-order valence-corrected chi connectivity index (χ3v) is 0. The van der Waals surface area contributed by atoms with E-state index in [1.807, 2.05) is 0 Å². The average molecular weight is 108 g/mol. The number of hydrogen-bond acceptors (Lipinski definition) is 4. The number of rotatable bonds is 0. The van der Waals surface area contributed by atoms with E-state index in [1.54, 1.807) is 0 Å². The van der Waals surface area contributed by atoms with E-state index >= 15 is 0 Å². The molecule has 0 aliphatic rings. The molecule has 0 saturated carbocycles. The summed E-state index contributed by atoms with van der Waals surface area (Å²) < 4.78 is 16.6. The Hall–Kier alpha value is -0.800. The van der Waals surface area contributed by atoms with E-state index in [-0.39, 0.29) is 6.15 Å². The van der Waals surface area contributed by atoms with E-state index in [2.05, 4.69) is 0 Å². The van der Waals surface area contributed by atoms with E-state index in [1.165, 1.54) is 0 Å². The Bertz CT molecular complexity index is 61.5. The van der Waals surface area contributed by atoms with Crippen molar-refractivity contribution in [3.8, 4) is 0 Å². The summed E-state index contributed by atoms with van der Waals surface area (Å²) in [6.45, 7) is 0. The van der Waals surface area contributed by atoms with Crippen LogP contribution in [0.15, 0.2) is 0 Å². The van der Waals surface area contributed by atoms with Crippen LogP contribution in [0, 0.1) is 0 Å². The zero-order chi connectivity index (χ0) is 5.41. The molecular weight excluding hydrogens is 108 g/mol. The highest BCUT2D eigenvalue weighted by molar-refractivity contribution is 7.51. The highest BCUT2D eigenvalue weighted by Crippen LogP contribution is 0.846. The third-order valence-electron chi connectivity index (χ3n) is 0. The minimum Gasteiger partial charge on any atom is -0.186 e. The molecule has 0 aliphatic carbocycles. The van der Waals surface area contributed by atoms with Gasteiger partial charge in [-0.3, -0.25) is 0 Å². The molecule has 0 aromatic rings. The van der Waals surface area contributed by atoms with Crippen molar-refractivity contribution in [3.05, 3.63) is 0 Å². The normalized spacial score (nSPS) is 3.33. The maximum atomic E-state index is 8.29. The minimum absolute atomic E-state index is 0.250. The van der Waals surface area contributed by atoms with Crippen LogP contribution in [0.5, 0.6) is 0 Å². The Morgan fingerprint density at radius 1 is 1.17 bits per heavy atom. The van der Waals surface area contributed by atoms with E-state index in [4.69, 9.17) is 18.0 Å². The molecule has 0 aromatic carbocycles. The zero-order valence-electron chi connectivity index (χ0n) is 2.54. The Morgan fingerprint density at radius 3 is 1.17 bits per heavy atom. The fourth-order valence-electron chi connectivity index (χ4n) is 0. The van der Waals surface area contributed by atoms with Crippen LogP contribution in [-0.4, -0.2) is 14.6 Å². The van der Waals surface area contributed by atoms with Crippen LogP contribution in [-0.2, 0) is 21.2 Å². The maximum absolute atomic E-state index is 8.29. The molecule has 0 atom stereocenters. The molecule has 0 amide bonds. The Labute approximate surface area is 36.8 Å². The molecular formula is CO4S. The Balaban J connectivity index is 0. The minimum atomic E-state index is -0.750. The van der Waals surface area contributed by atoms with Crippen LogP contribution in [0.4, 0.5) is 0 Å². The summed E-state index contributed by atoms with van der Waals surface area (Å²) in [6, 6.07) is 0. The van der Waals surface area contributed by atoms with Gasteiger partial charge in [-0.15, -0.1) is 0 Å². The van der Waals surface area contributed by atoms with Crippen molar-refractivity contribution in [3.63, 3.8) is 0 Å². The summed E-state index contributed by atoms with van der Waals surface area (Å²) in [5.41, 5.74) is 0. The lowest BCUT2D eigenvalue weighted by Crippen LogP contribution is -1.22. The lowest BCUT2D eigenvalue weighted by atomic mass is 11.8. The zero-order valence-corrected chi connectivity index (χ0v) is 3.36. The highest BCUT2D eigenvalue weighted by Gasteiger charge is 1.13. The summed E-state index contributed by atoms with van der Waals surface area (Å²) in [6.07, 6.45) is 0.250. The average Bonchev–Trinajstić information content (AvgIpc) is 1.39. The molecule has 0 saturated heterocycles. The molecule has 6 heavy (non-hydrogen) atoms. The van der Waals surface area contributed by atoms with E-state index in [0.717, 1.165) is 0 Å². The summed E-state index contributed by atoms with van der Waals surface area (Å²) >= 11 is -0.750. The number of hydrogen-bond donors (Lipinski definition) is 0. The van der Waals surface area contributed by atoms with Crippen molar-refractivity contribution in [1.29, 1.82) is 0 Å². The molecule has 0 aromatic heterocycles. The van der Waals surface area contributed by atoms with Gasteiger partial charge in [0.1, 0.15) is 0 Å². The van der Waals surface area contributed by atoms with Gasteiger partial charge in [0.2, 0.25) is 0 Å². The molecule has 0 radical (unpaired) electrons. The van der Waals surface area contributed by atoms with Crippen LogP contribution in [0.25, 0.3) is 0 Å². The van der Waals surface area contributed by atoms with Gasteiger partial charge in [0.25, 0.3) is 0 Å². The van der Waals surface area contributed by atoms with Gasteiger partial charge in [0, 0.05) is 0 Å². The van der Waals surface area contributed by atoms with Crippen molar-refractivity contribution in [2.24, 2.45) is 0 Å². The smallest absolute Gasteiger partial charge is 0.186 e. The quantitative estimate of drug-likeness (QED) is 0.388. The molecule has 34 valence electrons. The topological polar surface area (TPSA) is 68.3 Å². The molecule has 0 fully saturated rings. The molecule has 0 N–H and O–H groups in total. The van der Waals surface area contributed by atoms with Gasteiger partial charge >= 0.3 is 17.7 Å².